The molecule has 0 unspecified atom stereocenters. The van der Waals surface area contributed by atoms with E-state index in [0.29, 0.717) is 10.2 Å². The third-order valence-electron chi connectivity index (χ3n) is 3.97. The summed E-state index contributed by atoms with van der Waals surface area (Å²) >= 11 is 13.1. The Balaban J connectivity index is 1.57. The van der Waals surface area contributed by atoms with Crippen molar-refractivity contribution >= 4 is 63.2 Å². The fourth-order valence-electron chi connectivity index (χ4n) is 2.77. The van der Waals surface area contributed by atoms with Crippen molar-refractivity contribution in [1.29, 1.82) is 0 Å². The van der Waals surface area contributed by atoms with Gasteiger partial charge in [0.15, 0.2) is 16.6 Å². The number of nitrogens with zero attached hydrogens (tertiary/aromatic N) is 4. The minimum absolute atomic E-state index is 0.142. The monoisotopic (exact) mass is 417 g/mol. The molecule has 4 aromatic rings. The summed E-state index contributed by atoms with van der Waals surface area (Å²) in [5, 5.41) is 13.6. The van der Waals surface area contributed by atoms with Crippen molar-refractivity contribution < 1.29 is 4.79 Å². The number of hydrogen-bond donors (Lipinski definition) is 1. The molecule has 1 amide bonds. The zero-order valence-electron chi connectivity index (χ0n) is 14.1. The van der Waals surface area contributed by atoms with Gasteiger partial charge in [-0.2, -0.15) is 0 Å². The van der Waals surface area contributed by atoms with Crippen LogP contribution in [0.4, 0.5) is 5.82 Å². The van der Waals surface area contributed by atoms with Crippen LogP contribution >= 0.6 is 35.0 Å². The fraction of sp³-hybridized carbons (Fsp3) is 0.111. The second kappa shape index (κ2) is 7.34. The molecule has 0 bridgehead atoms. The average Bonchev–Trinajstić information content (AvgIpc) is 3.05. The number of rotatable bonds is 4. The maximum atomic E-state index is 12.3. The normalized spacial score (nSPS) is 11.2. The second-order valence-electron chi connectivity index (χ2n) is 5.84. The van der Waals surface area contributed by atoms with Gasteiger partial charge in [-0.05, 0) is 30.7 Å². The van der Waals surface area contributed by atoms with Crippen LogP contribution in [0.25, 0.3) is 16.6 Å². The van der Waals surface area contributed by atoms with E-state index in [9.17, 15) is 4.79 Å². The SMILES string of the molecule is Cc1cc2nnc(SCC(=O)Nc3ncc(Cl)cc3Cl)n2c2ccccc12. The Morgan fingerprint density at radius 1 is 1.22 bits per heavy atom. The molecule has 0 radical (unpaired) electrons. The molecule has 0 aliphatic carbocycles. The average molecular weight is 418 g/mol. The summed E-state index contributed by atoms with van der Waals surface area (Å²) in [6.07, 6.45) is 1.43. The van der Waals surface area contributed by atoms with E-state index < -0.39 is 0 Å². The van der Waals surface area contributed by atoms with Crippen LogP contribution in [0.2, 0.25) is 10.0 Å². The molecule has 0 aliphatic rings. The Bertz CT molecular complexity index is 1180. The number of para-hydroxylation sites is 1. The first-order valence-corrected chi connectivity index (χ1v) is 9.74. The number of halogens is 2. The highest BCUT2D eigenvalue weighted by Crippen LogP contribution is 2.26. The van der Waals surface area contributed by atoms with Gasteiger partial charge in [0.05, 0.1) is 21.3 Å². The van der Waals surface area contributed by atoms with Crippen molar-refractivity contribution in [3.05, 3.63) is 58.2 Å². The number of aromatic nitrogens is 4. The minimum atomic E-state index is -0.245. The van der Waals surface area contributed by atoms with Gasteiger partial charge in [-0.3, -0.25) is 9.20 Å². The highest BCUT2D eigenvalue weighted by atomic mass is 35.5. The van der Waals surface area contributed by atoms with Gasteiger partial charge < -0.3 is 5.32 Å². The van der Waals surface area contributed by atoms with E-state index in [0.717, 1.165) is 22.1 Å². The number of thioether (sulfide) groups is 1. The predicted molar refractivity (Wildman–Crippen MR) is 109 cm³/mol. The van der Waals surface area contributed by atoms with Crippen LogP contribution < -0.4 is 5.32 Å². The highest BCUT2D eigenvalue weighted by molar-refractivity contribution is 7.99. The number of pyridine rings is 2. The number of nitrogens with one attached hydrogen (secondary N) is 1. The maximum Gasteiger partial charge on any atom is 0.236 e. The molecule has 3 aromatic heterocycles. The van der Waals surface area contributed by atoms with E-state index in [1.165, 1.54) is 24.0 Å². The molecule has 1 aromatic carbocycles. The van der Waals surface area contributed by atoms with Gasteiger partial charge in [-0.15, -0.1) is 10.2 Å². The van der Waals surface area contributed by atoms with Crippen LogP contribution in [0.1, 0.15) is 5.56 Å². The number of hydrogen-bond acceptors (Lipinski definition) is 5. The molecule has 0 atom stereocenters. The molecule has 9 heteroatoms. The van der Waals surface area contributed by atoms with Crippen molar-refractivity contribution in [3.63, 3.8) is 0 Å². The molecule has 1 N–H and O–H groups in total. The summed E-state index contributed by atoms with van der Waals surface area (Å²) in [7, 11) is 0. The zero-order valence-corrected chi connectivity index (χ0v) is 16.4. The van der Waals surface area contributed by atoms with Gasteiger partial charge in [0.2, 0.25) is 5.91 Å². The molecule has 0 aliphatic heterocycles. The number of carbonyl (C=O) groups is 1. The summed E-state index contributed by atoms with van der Waals surface area (Å²) in [5.74, 6) is 0.174. The van der Waals surface area contributed by atoms with Gasteiger partial charge in [0.25, 0.3) is 0 Å². The minimum Gasteiger partial charge on any atom is -0.309 e. The van der Waals surface area contributed by atoms with E-state index >= 15 is 0 Å². The second-order valence-corrected chi connectivity index (χ2v) is 7.63. The molecule has 6 nitrogen and oxygen atoms in total. The largest absolute Gasteiger partial charge is 0.309 e. The number of anilines is 1. The fourth-order valence-corrected chi connectivity index (χ4v) is 3.95. The first kappa shape index (κ1) is 18.0. The van der Waals surface area contributed by atoms with Crippen molar-refractivity contribution in [2.24, 2.45) is 0 Å². The van der Waals surface area contributed by atoms with Gasteiger partial charge in [0.1, 0.15) is 0 Å². The molecular formula is C18H13Cl2N5OS. The number of benzene rings is 1. The van der Waals surface area contributed by atoms with Gasteiger partial charge in [-0.25, -0.2) is 4.98 Å². The van der Waals surface area contributed by atoms with Crippen molar-refractivity contribution in [1.82, 2.24) is 19.6 Å². The summed E-state index contributed by atoms with van der Waals surface area (Å²) in [4.78, 5) is 16.3. The lowest BCUT2D eigenvalue weighted by Crippen LogP contribution is -2.15. The van der Waals surface area contributed by atoms with Crippen molar-refractivity contribution in [2.75, 3.05) is 11.1 Å². The molecule has 0 saturated carbocycles. The Labute approximate surface area is 168 Å². The van der Waals surface area contributed by atoms with E-state index in [2.05, 4.69) is 26.6 Å². The number of amides is 1. The Morgan fingerprint density at radius 3 is 2.85 bits per heavy atom. The molecule has 0 saturated heterocycles. The van der Waals surface area contributed by atoms with Crippen molar-refractivity contribution in [2.45, 2.75) is 12.1 Å². The lowest BCUT2D eigenvalue weighted by Gasteiger charge is -2.08. The Morgan fingerprint density at radius 2 is 2.04 bits per heavy atom. The molecule has 4 rings (SSSR count). The molecule has 27 heavy (non-hydrogen) atoms. The Kier molecular flexibility index (Phi) is 4.90. The van der Waals surface area contributed by atoms with E-state index in [4.69, 9.17) is 23.2 Å². The van der Waals surface area contributed by atoms with E-state index in [1.807, 2.05) is 35.6 Å². The third kappa shape index (κ3) is 3.58. The lowest BCUT2D eigenvalue weighted by atomic mass is 10.1. The smallest absolute Gasteiger partial charge is 0.236 e. The molecule has 136 valence electrons. The molecule has 0 spiro atoms. The summed E-state index contributed by atoms with van der Waals surface area (Å²) in [6, 6.07) is 11.5. The summed E-state index contributed by atoms with van der Waals surface area (Å²) in [6.45, 7) is 2.04. The topological polar surface area (TPSA) is 72.2 Å². The van der Waals surface area contributed by atoms with E-state index in [1.54, 1.807) is 0 Å². The molecule has 0 fully saturated rings. The number of fused-ring (bicyclic) bond motifs is 3. The lowest BCUT2D eigenvalue weighted by molar-refractivity contribution is -0.113. The third-order valence-corrected chi connectivity index (χ3v) is 5.40. The zero-order chi connectivity index (χ0) is 19.0. The molecule has 3 heterocycles. The Hall–Kier alpha value is -2.35. The molecular weight excluding hydrogens is 405 g/mol. The van der Waals surface area contributed by atoms with Crippen LogP contribution in [0.3, 0.4) is 0 Å². The van der Waals surface area contributed by atoms with Gasteiger partial charge in [-0.1, -0.05) is 53.2 Å². The summed E-state index contributed by atoms with van der Waals surface area (Å²) in [5.41, 5.74) is 2.88. The van der Waals surface area contributed by atoms with Crippen LogP contribution in [-0.4, -0.2) is 31.2 Å². The maximum absolute atomic E-state index is 12.3. The number of carbonyl (C=O) groups excluding carboxylic acids is 1. The van der Waals surface area contributed by atoms with Gasteiger partial charge >= 0.3 is 0 Å². The number of aryl methyl sites for hydroxylation is 1. The van der Waals surface area contributed by atoms with Crippen molar-refractivity contribution in [3.8, 4) is 0 Å². The van der Waals surface area contributed by atoms with Crippen LogP contribution in [0.5, 0.6) is 0 Å². The van der Waals surface area contributed by atoms with Crippen LogP contribution in [-0.2, 0) is 4.79 Å². The summed E-state index contributed by atoms with van der Waals surface area (Å²) < 4.78 is 1.95. The first-order valence-electron chi connectivity index (χ1n) is 8.00. The highest BCUT2D eigenvalue weighted by Gasteiger charge is 2.14. The standard InChI is InChI=1S/C18H13Cl2N5OS/c1-10-6-15-23-24-18(25(15)14-5-3-2-4-12(10)14)27-9-16(26)22-17-13(20)7-11(19)8-21-17/h2-8H,9H2,1H3,(H,21,22,26). The quantitative estimate of drug-likeness (QED) is 0.490. The predicted octanol–water partition coefficient (Wildman–Crippen LogP) is 4.62. The first-order chi connectivity index (χ1) is 13.0. The van der Waals surface area contributed by atoms with Crippen LogP contribution in [0, 0.1) is 6.92 Å². The van der Waals surface area contributed by atoms with Gasteiger partial charge in [0, 0.05) is 11.6 Å². The van der Waals surface area contributed by atoms with Crippen LogP contribution in [0.15, 0.2) is 47.8 Å². The van der Waals surface area contributed by atoms with E-state index in [-0.39, 0.29) is 22.5 Å².